The van der Waals surface area contributed by atoms with Gasteiger partial charge in [0, 0.05) is 45.4 Å². The second-order valence-electron chi connectivity index (χ2n) is 6.22. The number of Topliss-reactive ketones (excluding diaryl/α,β-unsaturated/α-hetero) is 1. The van der Waals surface area contributed by atoms with E-state index >= 15 is 0 Å². The average Bonchev–Trinajstić information content (AvgIpc) is 3.16. The maximum atomic E-state index is 13.0. The van der Waals surface area contributed by atoms with Gasteiger partial charge >= 0.3 is 0 Å². The monoisotopic (exact) mass is 291 g/mol. The van der Waals surface area contributed by atoms with Crippen LogP contribution in [0.25, 0.3) is 0 Å². The molecule has 0 atom stereocenters. The van der Waals surface area contributed by atoms with E-state index in [-0.39, 0.29) is 5.54 Å². The first-order chi connectivity index (χ1) is 10.2. The molecule has 0 aromatic carbocycles. The van der Waals surface area contributed by atoms with Crippen LogP contribution in [-0.4, -0.2) is 52.1 Å². The fourth-order valence-electron chi connectivity index (χ4n) is 3.82. The molecule has 5 heteroatoms. The zero-order valence-electron chi connectivity index (χ0n) is 12.9. The molecule has 1 aliphatic carbocycles. The average molecular weight is 291 g/mol. The topological polar surface area (TPSA) is 47.4 Å². The van der Waals surface area contributed by atoms with Crippen LogP contribution in [0.15, 0.2) is 12.4 Å². The van der Waals surface area contributed by atoms with Gasteiger partial charge in [-0.15, -0.1) is 0 Å². The molecule has 0 N–H and O–H groups in total. The Hall–Kier alpha value is -1.20. The van der Waals surface area contributed by atoms with Gasteiger partial charge < -0.3 is 9.30 Å². The van der Waals surface area contributed by atoms with Gasteiger partial charge in [0.1, 0.15) is 5.82 Å². The van der Waals surface area contributed by atoms with Crippen molar-refractivity contribution in [2.75, 3.05) is 26.3 Å². The Labute approximate surface area is 126 Å². The number of carbonyl (C=O) groups is 1. The van der Waals surface area contributed by atoms with E-state index in [0.29, 0.717) is 12.2 Å². The zero-order chi connectivity index (χ0) is 14.7. The van der Waals surface area contributed by atoms with Crippen molar-refractivity contribution in [1.82, 2.24) is 14.5 Å². The summed E-state index contributed by atoms with van der Waals surface area (Å²) in [5, 5.41) is 0. The lowest BCUT2D eigenvalue weighted by Crippen LogP contribution is -2.56. The third kappa shape index (κ3) is 2.90. The van der Waals surface area contributed by atoms with Gasteiger partial charge in [-0.2, -0.15) is 0 Å². The van der Waals surface area contributed by atoms with E-state index in [1.807, 2.05) is 17.8 Å². The number of aryl methyl sites for hydroxylation is 2. The molecule has 3 rings (SSSR count). The van der Waals surface area contributed by atoms with Crippen LogP contribution in [0.1, 0.15) is 37.9 Å². The highest BCUT2D eigenvalue weighted by molar-refractivity contribution is 5.88. The van der Waals surface area contributed by atoms with Gasteiger partial charge in [-0.25, -0.2) is 4.98 Å². The van der Waals surface area contributed by atoms with E-state index in [4.69, 9.17) is 4.74 Å². The molecule has 0 radical (unpaired) electrons. The van der Waals surface area contributed by atoms with Crippen LogP contribution in [0.5, 0.6) is 0 Å². The van der Waals surface area contributed by atoms with Gasteiger partial charge in [-0.1, -0.05) is 12.8 Å². The summed E-state index contributed by atoms with van der Waals surface area (Å²) in [6, 6.07) is 0. The largest absolute Gasteiger partial charge is 0.379 e. The first-order valence-electron chi connectivity index (χ1n) is 8.05. The normalized spacial score (nSPS) is 22.5. The van der Waals surface area contributed by atoms with Crippen molar-refractivity contribution in [1.29, 1.82) is 0 Å². The number of hydrogen-bond donors (Lipinski definition) is 0. The van der Waals surface area contributed by atoms with Gasteiger partial charge in [-0.3, -0.25) is 9.69 Å². The number of hydrogen-bond acceptors (Lipinski definition) is 4. The number of ether oxygens (including phenoxy) is 1. The van der Waals surface area contributed by atoms with Gasteiger partial charge in [0.2, 0.25) is 0 Å². The standard InChI is InChI=1S/C16H25N3O2/c1-18-9-8-17-15(18)5-4-14(20)16(6-2-3-7-16)19-10-12-21-13-11-19/h8-9H,2-7,10-13H2,1H3. The molecule has 1 saturated carbocycles. The van der Waals surface area contributed by atoms with Crippen molar-refractivity contribution < 1.29 is 9.53 Å². The molecular weight excluding hydrogens is 266 g/mol. The summed E-state index contributed by atoms with van der Waals surface area (Å²) < 4.78 is 7.46. The van der Waals surface area contributed by atoms with E-state index < -0.39 is 0 Å². The Morgan fingerprint density at radius 1 is 1.33 bits per heavy atom. The number of nitrogens with zero attached hydrogens (tertiary/aromatic N) is 3. The summed E-state index contributed by atoms with van der Waals surface area (Å²) in [5.74, 6) is 1.41. The predicted octanol–water partition coefficient (Wildman–Crippen LogP) is 1.57. The second-order valence-corrected chi connectivity index (χ2v) is 6.22. The molecule has 0 spiro atoms. The van der Waals surface area contributed by atoms with Crippen LogP contribution < -0.4 is 0 Å². The van der Waals surface area contributed by atoms with Crippen LogP contribution in [0.3, 0.4) is 0 Å². The number of ketones is 1. The van der Waals surface area contributed by atoms with E-state index in [1.165, 1.54) is 12.8 Å². The molecule has 1 aromatic rings. The van der Waals surface area contributed by atoms with Crippen molar-refractivity contribution in [3.63, 3.8) is 0 Å². The Morgan fingerprint density at radius 2 is 2.05 bits per heavy atom. The molecule has 1 saturated heterocycles. The van der Waals surface area contributed by atoms with E-state index in [0.717, 1.165) is 51.4 Å². The van der Waals surface area contributed by atoms with E-state index in [1.54, 1.807) is 6.20 Å². The maximum absolute atomic E-state index is 13.0. The number of carbonyl (C=O) groups excluding carboxylic acids is 1. The number of imidazole rings is 1. The van der Waals surface area contributed by atoms with Crippen molar-refractivity contribution in [3.05, 3.63) is 18.2 Å². The van der Waals surface area contributed by atoms with Crippen LogP contribution in [-0.2, 0) is 23.0 Å². The Bertz CT molecular complexity index is 485. The van der Waals surface area contributed by atoms with Crippen LogP contribution in [0, 0.1) is 0 Å². The third-order valence-corrected chi connectivity index (χ3v) is 5.06. The minimum atomic E-state index is -0.213. The first kappa shape index (κ1) is 14.7. The lowest BCUT2D eigenvalue weighted by atomic mass is 9.86. The summed E-state index contributed by atoms with van der Waals surface area (Å²) >= 11 is 0. The molecule has 2 heterocycles. The van der Waals surface area contributed by atoms with Crippen molar-refractivity contribution in [2.24, 2.45) is 7.05 Å². The quantitative estimate of drug-likeness (QED) is 0.826. The summed E-state index contributed by atoms with van der Waals surface area (Å²) in [4.78, 5) is 19.7. The Balaban J connectivity index is 1.68. The smallest absolute Gasteiger partial charge is 0.153 e. The molecule has 116 valence electrons. The van der Waals surface area contributed by atoms with Crippen molar-refractivity contribution in [3.8, 4) is 0 Å². The van der Waals surface area contributed by atoms with Crippen LogP contribution in [0.2, 0.25) is 0 Å². The van der Waals surface area contributed by atoms with Crippen molar-refractivity contribution in [2.45, 2.75) is 44.1 Å². The number of rotatable bonds is 5. The number of aromatic nitrogens is 2. The minimum absolute atomic E-state index is 0.213. The van der Waals surface area contributed by atoms with Gasteiger partial charge in [0.25, 0.3) is 0 Å². The highest BCUT2D eigenvalue weighted by atomic mass is 16.5. The SMILES string of the molecule is Cn1ccnc1CCC(=O)C1(N2CCOCC2)CCCC1. The molecule has 21 heavy (non-hydrogen) atoms. The van der Waals surface area contributed by atoms with Gasteiger partial charge in [0.15, 0.2) is 5.78 Å². The van der Waals surface area contributed by atoms with Gasteiger partial charge in [-0.05, 0) is 12.8 Å². The number of morpholine rings is 1. The molecule has 0 unspecified atom stereocenters. The van der Waals surface area contributed by atoms with Gasteiger partial charge in [0.05, 0.1) is 18.8 Å². The molecule has 0 bridgehead atoms. The van der Waals surface area contributed by atoms with Crippen LogP contribution in [0.4, 0.5) is 0 Å². The lowest BCUT2D eigenvalue weighted by molar-refractivity contribution is -0.134. The van der Waals surface area contributed by atoms with E-state index in [2.05, 4.69) is 9.88 Å². The molecule has 0 amide bonds. The summed E-state index contributed by atoms with van der Waals surface area (Å²) in [6.45, 7) is 3.31. The molecule has 5 nitrogen and oxygen atoms in total. The summed E-state index contributed by atoms with van der Waals surface area (Å²) in [6.07, 6.45) is 9.46. The maximum Gasteiger partial charge on any atom is 0.153 e. The third-order valence-electron chi connectivity index (χ3n) is 5.06. The minimum Gasteiger partial charge on any atom is -0.379 e. The molecule has 1 aliphatic heterocycles. The molecule has 2 aliphatic rings. The lowest BCUT2D eigenvalue weighted by Gasteiger charge is -2.42. The molecule has 2 fully saturated rings. The fourth-order valence-corrected chi connectivity index (χ4v) is 3.82. The summed E-state index contributed by atoms with van der Waals surface area (Å²) in [7, 11) is 1.99. The fraction of sp³-hybridized carbons (Fsp3) is 0.750. The first-order valence-corrected chi connectivity index (χ1v) is 8.05. The highest BCUT2D eigenvalue weighted by Crippen LogP contribution is 2.37. The predicted molar refractivity (Wildman–Crippen MR) is 80.1 cm³/mol. The highest BCUT2D eigenvalue weighted by Gasteiger charge is 2.45. The van der Waals surface area contributed by atoms with E-state index in [9.17, 15) is 4.79 Å². The summed E-state index contributed by atoms with van der Waals surface area (Å²) in [5.41, 5.74) is -0.213. The Morgan fingerprint density at radius 3 is 2.67 bits per heavy atom. The van der Waals surface area contributed by atoms with Crippen LogP contribution >= 0.6 is 0 Å². The zero-order valence-corrected chi connectivity index (χ0v) is 12.9. The Kier molecular flexibility index (Phi) is 4.40. The van der Waals surface area contributed by atoms with Crippen molar-refractivity contribution >= 4 is 5.78 Å². The molecule has 1 aromatic heterocycles. The molecular formula is C16H25N3O2. The second kappa shape index (κ2) is 6.28.